The number of aliphatic hydroxyl groups is 2. The molecule has 0 saturated heterocycles. The number of phenols is 2. The van der Waals surface area contributed by atoms with Gasteiger partial charge in [-0.05, 0) is 97.3 Å². The van der Waals surface area contributed by atoms with Crippen molar-refractivity contribution in [2.75, 3.05) is 13.2 Å². The van der Waals surface area contributed by atoms with Crippen molar-refractivity contribution in [3.05, 3.63) is 57.6 Å². The molecule has 216 valence electrons. The quantitative estimate of drug-likeness (QED) is 0.209. The predicted molar refractivity (Wildman–Crippen MR) is 160 cm³/mol. The van der Waals surface area contributed by atoms with Crippen molar-refractivity contribution in [2.24, 2.45) is 0 Å². The van der Waals surface area contributed by atoms with Gasteiger partial charge in [0.1, 0.15) is 11.5 Å². The van der Waals surface area contributed by atoms with E-state index in [1.54, 1.807) is 0 Å². The van der Waals surface area contributed by atoms with Crippen LogP contribution >= 0.6 is 0 Å². The first-order valence-corrected chi connectivity index (χ1v) is 15.7. The maximum atomic E-state index is 11.7. The zero-order chi connectivity index (χ0) is 27.9. The molecule has 0 amide bonds. The van der Waals surface area contributed by atoms with Crippen molar-refractivity contribution in [3.63, 3.8) is 0 Å². The maximum Gasteiger partial charge on any atom is 0.122 e. The van der Waals surface area contributed by atoms with Crippen LogP contribution in [0, 0.1) is 0 Å². The summed E-state index contributed by atoms with van der Waals surface area (Å²) >= 11 is 0. The second kappa shape index (κ2) is 13.5. The SMILES string of the molecule is CC1(c2cc(CCCCO)cc(Cc3cc(CCCCO)cc(C4(C)CCCCC4)c3O)c2O)CCCCC1. The molecule has 0 radical (unpaired) electrons. The smallest absolute Gasteiger partial charge is 0.122 e. The van der Waals surface area contributed by atoms with Gasteiger partial charge in [0.25, 0.3) is 0 Å². The van der Waals surface area contributed by atoms with Gasteiger partial charge in [0.05, 0.1) is 0 Å². The van der Waals surface area contributed by atoms with Gasteiger partial charge >= 0.3 is 0 Å². The number of hydrogen-bond acceptors (Lipinski definition) is 4. The fraction of sp³-hybridized carbons (Fsp3) is 0.657. The molecular formula is C35H52O4. The maximum absolute atomic E-state index is 11.7. The van der Waals surface area contributed by atoms with Gasteiger partial charge in [-0.25, -0.2) is 0 Å². The molecule has 0 aliphatic heterocycles. The van der Waals surface area contributed by atoms with Crippen molar-refractivity contribution in [2.45, 2.75) is 134 Å². The van der Waals surface area contributed by atoms with Crippen LogP contribution in [0.25, 0.3) is 0 Å². The Hall–Kier alpha value is -2.04. The standard InChI is InChI=1S/C35H52O4/c1-34(15-7-3-8-16-34)30-23-26(13-5-11-19-36)21-28(32(30)38)25-29-22-27(14-6-12-20-37)24-31(33(29)39)35(2)17-9-4-10-18-35/h21-24,36-39H,3-20,25H2,1-2H3. The molecule has 2 saturated carbocycles. The van der Waals surface area contributed by atoms with Gasteiger partial charge in [0.2, 0.25) is 0 Å². The number of unbranched alkanes of at least 4 members (excludes halogenated alkanes) is 2. The molecule has 0 spiro atoms. The lowest BCUT2D eigenvalue weighted by Crippen LogP contribution is -2.26. The van der Waals surface area contributed by atoms with Crippen LogP contribution in [0.1, 0.15) is 137 Å². The molecule has 2 fully saturated rings. The van der Waals surface area contributed by atoms with E-state index in [1.807, 2.05) is 0 Å². The summed E-state index contributed by atoms with van der Waals surface area (Å²) in [6, 6.07) is 8.73. The van der Waals surface area contributed by atoms with E-state index in [0.29, 0.717) is 17.9 Å². The first-order valence-electron chi connectivity index (χ1n) is 15.7. The number of aliphatic hydroxyl groups excluding tert-OH is 2. The summed E-state index contributed by atoms with van der Waals surface area (Å²) in [6.07, 6.45) is 17.3. The van der Waals surface area contributed by atoms with Crippen LogP contribution < -0.4 is 0 Å². The average Bonchev–Trinajstić information content (AvgIpc) is 2.93. The van der Waals surface area contributed by atoms with E-state index in [1.165, 1.54) is 49.7 Å². The number of rotatable bonds is 12. The molecule has 2 aromatic carbocycles. The highest BCUT2D eigenvalue weighted by Gasteiger charge is 2.34. The molecule has 2 aliphatic carbocycles. The largest absolute Gasteiger partial charge is 0.507 e. The molecule has 4 nitrogen and oxygen atoms in total. The van der Waals surface area contributed by atoms with Gasteiger partial charge < -0.3 is 20.4 Å². The Balaban J connectivity index is 1.76. The van der Waals surface area contributed by atoms with Gasteiger partial charge in [0, 0.05) is 30.8 Å². The van der Waals surface area contributed by atoms with E-state index in [4.69, 9.17) is 0 Å². The molecule has 0 atom stereocenters. The number of aryl methyl sites for hydroxylation is 2. The molecule has 4 rings (SSSR count). The third kappa shape index (κ3) is 7.19. The highest BCUT2D eigenvalue weighted by Crippen LogP contribution is 2.47. The lowest BCUT2D eigenvalue weighted by Gasteiger charge is -2.36. The second-order valence-electron chi connectivity index (χ2n) is 13.1. The monoisotopic (exact) mass is 536 g/mol. The summed E-state index contributed by atoms with van der Waals surface area (Å²) in [6.45, 7) is 5.02. The molecule has 4 heteroatoms. The Morgan fingerprint density at radius 1 is 0.564 bits per heavy atom. The number of hydrogen-bond donors (Lipinski definition) is 4. The first-order chi connectivity index (χ1) is 18.8. The van der Waals surface area contributed by atoms with Crippen LogP contribution in [-0.2, 0) is 30.1 Å². The fourth-order valence-electron chi connectivity index (χ4n) is 7.29. The van der Waals surface area contributed by atoms with Crippen molar-refractivity contribution in [3.8, 4) is 11.5 Å². The average molecular weight is 537 g/mol. The Bertz CT molecular complexity index is 991. The van der Waals surface area contributed by atoms with Gasteiger partial charge in [-0.3, -0.25) is 0 Å². The van der Waals surface area contributed by atoms with Crippen molar-refractivity contribution in [1.82, 2.24) is 0 Å². The Labute approximate surface area is 236 Å². The lowest BCUT2D eigenvalue weighted by molar-refractivity contribution is 0.284. The van der Waals surface area contributed by atoms with Gasteiger partial charge in [0.15, 0.2) is 0 Å². The fourth-order valence-corrected chi connectivity index (χ4v) is 7.29. The van der Waals surface area contributed by atoms with Gasteiger partial charge in [-0.2, -0.15) is 0 Å². The number of aromatic hydroxyl groups is 2. The third-order valence-electron chi connectivity index (χ3n) is 9.84. The van der Waals surface area contributed by atoms with Crippen LogP contribution in [0.3, 0.4) is 0 Å². The van der Waals surface area contributed by atoms with Gasteiger partial charge in [-0.1, -0.05) is 76.6 Å². The van der Waals surface area contributed by atoms with Gasteiger partial charge in [-0.15, -0.1) is 0 Å². The van der Waals surface area contributed by atoms with Crippen molar-refractivity contribution in [1.29, 1.82) is 0 Å². The molecule has 0 unspecified atom stereocenters. The predicted octanol–water partition coefficient (Wildman–Crippen LogP) is 7.76. The first kappa shape index (κ1) is 29.9. The van der Waals surface area contributed by atoms with E-state index in [0.717, 1.165) is 86.5 Å². The van der Waals surface area contributed by atoms with E-state index >= 15 is 0 Å². The third-order valence-corrected chi connectivity index (χ3v) is 9.84. The minimum Gasteiger partial charge on any atom is -0.507 e. The highest BCUT2D eigenvalue weighted by molar-refractivity contribution is 5.54. The molecule has 2 aromatic rings. The van der Waals surface area contributed by atoms with E-state index in [-0.39, 0.29) is 24.0 Å². The second-order valence-corrected chi connectivity index (χ2v) is 13.1. The summed E-state index contributed by atoms with van der Waals surface area (Å²) in [5.41, 5.74) is 6.32. The summed E-state index contributed by atoms with van der Waals surface area (Å²) in [7, 11) is 0. The van der Waals surface area contributed by atoms with Crippen LogP contribution in [0.4, 0.5) is 0 Å². The zero-order valence-electron chi connectivity index (χ0n) is 24.5. The van der Waals surface area contributed by atoms with Crippen LogP contribution in [-0.4, -0.2) is 33.6 Å². The van der Waals surface area contributed by atoms with E-state index in [9.17, 15) is 20.4 Å². The number of benzene rings is 2. The molecule has 2 aliphatic rings. The van der Waals surface area contributed by atoms with E-state index < -0.39 is 0 Å². The summed E-state index contributed by atoms with van der Waals surface area (Å²) in [5.74, 6) is 0.807. The molecule has 39 heavy (non-hydrogen) atoms. The molecular weight excluding hydrogens is 484 g/mol. The summed E-state index contributed by atoms with van der Waals surface area (Å²) in [4.78, 5) is 0. The Kier molecular flexibility index (Phi) is 10.4. The minimum absolute atomic E-state index is 0.0288. The summed E-state index contributed by atoms with van der Waals surface area (Å²) < 4.78 is 0. The zero-order valence-corrected chi connectivity index (χ0v) is 24.5. The van der Waals surface area contributed by atoms with Crippen LogP contribution in [0.2, 0.25) is 0 Å². The van der Waals surface area contributed by atoms with Crippen LogP contribution in [0.15, 0.2) is 24.3 Å². The Morgan fingerprint density at radius 2 is 0.949 bits per heavy atom. The van der Waals surface area contributed by atoms with Crippen LogP contribution in [0.5, 0.6) is 11.5 Å². The minimum atomic E-state index is -0.0288. The topological polar surface area (TPSA) is 80.9 Å². The molecule has 4 N–H and O–H groups in total. The summed E-state index contributed by atoms with van der Waals surface area (Å²) in [5, 5.41) is 42.1. The van der Waals surface area contributed by atoms with Crippen molar-refractivity contribution < 1.29 is 20.4 Å². The molecule has 0 heterocycles. The normalized spacial score (nSPS) is 18.8. The lowest BCUT2D eigenvalue weighted by atomic mass is 9.69. The molecule has 0 bridgehead atoms. The van der Waals surface area contributed by atoms with Crippen molar-refractivity contribution >= 4 is 0 Å². The molecule has 0 aromatic heterocycles. The number of phenolic OH excluding ortho intramolecular Hbond substituents is 2. The Morgan fingerprint density at radius 3 is 1.31 bits per heavy atom. The highest BCUT2D eigenvalue weighted by atomic mass is 16.3. The van der Waals surface area contributed by atoms with E-state index in [2.05, 4.69) is 38.1 Å².